The molecule has 1 atom stereocenters. The first-order chi connectivity index (χ1) is 8.52. The Morgan fingerprint density at radius 3 is 2.32 bits per heavy atom. The summed E-state index contributed by atoms with van der Waals surface area (Å²) < 4.78 is 10.4. The van der Waals surface area contributed by atoms with Crippen LogP contribution in [-0.4, -0.2) is 18.7 Å². The van der Waals surface area contributed by atoms with Crippen LogP contribution in [0.5, 0.6) is 5.75 Å². The van der Waals surface area contributed by atoms with Crippen LogP contribution in [0.3, 0.4) is 0 Å². The largest absolute Gasteiger partial charge is 0.491 e. The quantitative estimate of drug-likeness (QED) is 0.817. The lowest BCUT2D eigenvalue weighted by molar-refractivity contribution is -0.143. The van der Waals surface area contributed by atoms with Crippen LogP contribution in [0.1, 0.15) is 38.8 Å². The summed E-state index contributed by atoms with van der Waals surface area (Å²) in [5.41, 5.74) is 6.84. The lowest BCUT2D eigenvalue weighted by Crippen LogP contribution is -2.17. The molecule has 0 heterocycles. The Morgan fingerprint density at radius 2 is 1.84 bits per heavy atom. The third-order valence-corrected chi connectivity index (χ3v) is 2.37. The van der Waals surface area contributed by atoms with E-state index in [1.165, 1.54) is 0 Å². The van der Waals surface area contributed by atoms with Gasteiger partial charge in [-0.05, 0) is 38.5 Å². The molecular formula is C14H22ClNO3. The fourth-order valence-electron chi connectivity index (χ4n) is 1.58. The molecule has 5 heteroatoms. The van der Waals surface area contributed by atoms with Crippen LogP contribution in [0, 0.1) is 0 Å². The van der Waals surface area contributed by atoms with Crippen molar-refractivity contribution in [1.29, 1.82) is 0 Å². The van der Waals surface area contributed by atoms with Crippen molar-refractivity contribution in [2.75, 3.05) is 6.61 Å². The van der Waals surface area contributed by atoms with Gasteiger partial charge in [0.2, 0.25) is 0 Å². The number of hydrogen-bond acceptors (Lipinski definition) is 4. The van der Waals surface area contributed by atoms with Crippen molar-refractivity contribution in [3.63, 3.8) is 0 Å². The van der Waals surface area contributed by atoms with E-state index in [1.54, 1.807) is 6.92 Å². The van der Waals surface area contributed by atoms with Gasteiger partial charge >= 0.3 is 5.97 Å². The Morgan fingerprint density at radius 1 is 1.26 bits per heavy atom. The highest BCUT2D eigenvalue weighted by atomic mass is 35.5. The number of nitrogens with two attached hydrogens (primary N) is 1. The van der Waals surface area contributed by atoms with Crippen molar-refractivity contribution in [2.45, 2.75) is 39.3 Å². The van der Waals surface area contributed by atoms with Gasteiger partial charge in [-0.2, -0.15) is 0 Å². The SMILES string of the molecule is CCOC(=O)C[C@@H](N)c1ccc(OC(C)C)cc1.Cl. The van der Waals surface area contributed by atoms with Crippen molar-refractivity contribution >= 4 is 18.4 Å². The number of halogens is 1. The second-order valence-electron chi connectivity index (χ2n) is 4.35. The van der Waals surface area contributed by atoms with Gasteiger partial charge in [0, 0.05) is 6.04 Å². The summed E-state index contributed by atoms with van der Waals surface area (Å²) >= 11 is 0. The molecule has 108 valence electrons. The number of benzene rings is 1. The average Bonchev–Trinajstić information content (AvgIpc) is 2.29. The molecule has 19 heavy (non-hydrogen) atoms. The number of ether oxygens (including phenoxy) is 2. The summed E-state index contributed by atoms with van der Waals surface area (Å²) in [5.74, 6) is 0.532. The van der Waals surface area contributed by atoms with Crippen LogP contribution in [0.2, 0.25) is 0 Å². The fourth-order valence-corrected chi connectivity index (χ4v) is 1.58. The molecule has 1 aromatic rings. The van der Waals surface area contributed by atoms with E-state index in [2.05, 4.69) is 0 Å². The highest BCUT2D eigenvalue weighted by molar-refractivity contribution is 5.85. The molecule has 0 saturated carbocycles. The molecule has 1 aromatic carbocycles. The molecular weight excluding hydrogens is 266 g/mol. The molecule has 0 spiro atoms. The molecule has 1 rings (SSSR count). The van der Waals surface area contributed by atoms with Gasteiger partial charge in [0.25, 0.3) is 0 Å². The van der Waals surface area contributed by atoms with Crippen LogP contribution in [0.15, 0.2) is 24.3 Å². The standard InChI is InChI=1S/C14H21NO3.ClH/c1-4-17-14(16)9-13(15)11-5-7-12(8-6-11)18-10(2)3;/h5-8,10,13H,4,9,15H2,1-3H3;1H/t13-;/m1./s1. The molecule has 4 nitrogen and oxygen atoms in total. The maximum Gasteiger partial charge on any atom is 0.307 e. The van der Waals surface area contributed by atoms with Crippen molar-refractivity contribution < 1.29 is 14.3 Å². The average molecular weight is 288 g/mol. The first-order valence-corrected chi connectivity index (χ1v) is 6.20. The van der Waals surface area contributed by atoms with Crippen LogP contribution < -0.4 is 10.5 Å². The van der Waals surface area contributed by atoms with Gasteiger partial charge in [-0.3, -0.25) is 4.79 Å². The normalized spacial score (nSPS) is 11.6. The summed E-state index contributed by atoms with van der Waals surface area (Å²) in [6.07, 6.45) is 0.335. The molecule has 0 fully saturated rings. The smallest absolute Gasteiger partial charge is 0.307 e. The molecule has 0 radical (unpaired) electrons. The van der Waals surface area contributed by atoms with E-state index < -0.39 is 0 Å². The topological polar surface area (TPSA) is 61.5 Å². The van der Waals surface area contributed by atoms with Gasteiger partial charge in [-0.1, -0.05) is 12.1 Å². The fraction of sp³-hybridized carbons (Fsp3) is 0.500. The van der Waals surface area contributed by atoms with E-state index in [0.29, 0.717) is 6.61 Å². The van der Waals surface area contributed by atoms with Crippen molar-refractivity contribution in [3.05, 3.63) is 29.8 Å². The Bertz CT molecular complexity index is 379. The van der Waals surface area contributed by atoms with E-state index in [-0.39, 0.29) is 36.9 Å². The van der Waals surface area contributed by atoms with Gasteiger partial charge in [-0.25, -0.2) is 0 Å². The Kier molecular flexibility index (Phi) is 8.19. The number of esters is 1. The predicted molar refractivity (Wildman–Crippen MR) is 77.6 cm³/mol. The molecule has 0 bridgehead atoms. The molecule has 2 N–H and O–H groups in total. The van der Waals surface area contributed by atoms with E-state index in [4.69, 9.17) is 15.2 Å². The Labute approximate surface area is 120 Å². The first kappa shape index (κ1) is 17.7. The van der Waals surface area contributed by atoms with Crippen LogP contribution in [0.25, 0.3) is 0 Å². The lowest BCUT2D eigenvalue weighted by atomic mass is 10.0. The predicted octanol–water partition coefficient (Wildman–Crippen LogP) is 2.85. The zero-order valence-corrected chi connectivity index (χ0v) is 12.4. The van der Waals surface area contributed by atoms with Crippen molar-refractivity contribution in [2.24, 2.45) is 5.73 Å². The van der Waals surface area contributed by atoms with Gasteiger partial charge in [0.15, 0.2) is 0 Å². The molecule has 0 aliphatic carbocycles. The van der Waals surface area contributed by atoms with Gasteiger partial charge in [-0.15, -0.1) is 12.4 Å². The maximum atomic E-state index is 11.3. The molecule has 0 aliphatic heterocycles. The molecule has 0 aromatic heterocycles. The maximum absolute atomic E-state index is 11.3. The van der Waals surface area contributed by atoms with E-state index >= 15 is 0 Å². The van der Waals surface area contributed by atoms with Crippen molar-refractivity contribution in [1.82, 2.24) is 0 Å². The van der Waals surface area contributed by atoms with Crippen LogP contribution in [-0.2, 0) is 9.53 Å². The number of carbonyl (C=O) groups is 1. The molecule has 0 aliphatic rings. The third-order valence-electron chi connectivity index (χ3n) is 2.37. The van der Waals surface area contributed by atoms with E-state index in [1.807, 2.05) is 38.1 Å². The zero-order chi connectivity index (χ0) is 13.5. The third kappa shape index (κ3) is 6.45. The van der Waals surface area contributed by atoms with Crippen LogP contribution >= 0.6 is 12.4 Å². The van der Waals surface area contributed by atoms with Gasteiger partial charge < -0.3 is 15.2 Å². The van der Waals surface area contributed by atoms with Crippen molar-refractivity contribution in [3.8, 4) is 5.75 Å². The number of hydrogen-bond donors (Lipinski definition) is 1. The number of carbonyl (C=O) groups excluding carboxylic acids is 1. The highest BCUT2D eigenvalue weighted by Crippen LogP contribution is 2.19. The summed E-state index contributed by atoms with van der Waals surface area (Å²) in [7, 11) is 0. The number of rotatable bonds is 6. The first-order valence-electron chi connectivity index (χ1n) is 6.20. The monoisotopic (exact) mass is 287 g/mol. The molecule has 0 unspecified atom stereocenters. The minimum atomic E-state index is -0.336. The Balaban J connectivity index is 0.00000324. The second-order valence-corrected chi connectivity index (χ2v) is 4.35. The van der Waals surface area contributed by atoms with E-state index in [9.17, 15) is 4.79 Å². The minimum absolute atomic E-state index is 0. The summed E-state index contributed by atoms with van der Waals surface area (Å²) in [6.45, 7) is 6.11. The summed E-state index contributed by atoms with van der Waals surface area (Å²) in [5, 5.41) is 0. The minimum Gasteiger partial charge on any atom is -0.491 e. The lowest BCUT2D eigenvalue weighted by Gasteiger charge is -2.13. The van der Waals surface area contributed by atoms with E-state index in [0.717, 1.165) is 11.3 Å². The summed E-state index contributed by atoms with van der Waals surface area (Å²) in [6, 6.07) is 7.14. The Hall–Kier alpha value is -1.26. The summed E-state index contributed by atoms with van der Waals surface area (Å²) in [4.78, 5) is 11.3. The molecule has 0 saturated heterocycles. The molecule has 0 amide bonds. The zero-order valence-electron chi connectivity index (χ0n) is 11.6. The van der Waals surface area contributed by atoms with Gasteiger partial charge in [0.05, 0.1) is 19.1 Å². The van der Waals surface area contributed by atoms with Gasteiger partial charge in [0.1, 0.15) is 5.75 Å². The van der Waals surface area contributed by atoms with Crippen LogP contribution in [0.4, 0.5) is 0 Å². The second kappa shape index (κ2) is 8.77. The highest BCUT2D eigenvalue weighted by Gasteiger charge is 2.12.